The summed E-state index contributed by atoms with van der Waals surface area (Å²) in [4.78, 5) is 0. The Morgan fingerprint density at radius 1 is 1.06 bits per heavy atom. The van der Waals surface area contributed by atoms with Crippen molar-refractivity contribution in [2.75, 3.05) is 13.1 Å². The van der Waals surface area contributed by atoms with Crippen LogP contribution in [0, 0.1) is 5.41 Å². The summed E-state index contributed by atoms with van der Waals surface area (Å²) >= 11 is 0. The Bertz CT molecular complexity index is 191. The maximum atomic E-state index is 10.4. The van der Waals surface area contributed by atoms with E-state index in [1.165, 1.54) is 19.3 Å². The molecular weight excluding hydrogens is 198 g/mol. The highest BCUT2D eigenvalue weighted by atomic mass is 16.3. The average Bonchev–Trinajstić information content (AvgIpc) is 2.23. The summed E-state index contributed by atoms with van der Waals surface area (Å²) in [5.41, 5.74) is 0.0101. The van der Waals surface area contributed by atoms with E-state index in [9.17, 15) is 5.11 Å². The van der Waals surface area contributed by atoms with Crippen LogP contribution in [0.25, 0.3) is 0 Å². The van der Waals surface area contributed by atoms with Gasteiger partial charge in [-0.1, -0.05) is 33.6 Å². The van der Waals surface area contributed by atoms with Crippen LogP contribution in [0.1, 0.15) is 65.7 Å². The first-order valence-electron chi connectivity index (χ1n) is 6.91. The summed E-state index contributed by atoms with van der Waals surface area (Å²) in [6.45, 7) is 8.67. The van der Waals surface area contributed by atoms with Crippen LogP contribution in [0.2, 0.25) is 0 Å². The van der Waals surface area contributed by atoms with E-state index in [0.29, 0.717) is 5.41 Å². The monoisotopic (exact) mass is 227 g/mol. The van der Waals surface area contributed by atoms with Crippen molar-refractivity contribution in [2.24, 2.45) is 5.41 Å². The van der Waals surface area contributed by atoms with E-state index in [2.05, 4.69) is 26.1 Å². The van der Waals surface area contributed by atoms with Crippen molar-refractivity contribution in [3.05, 3.63) is 0 Å². The highest BCUT2D eigenvalue weighted by molar-refractivity contribution is 4.90. The van der Waals surface area contributed by atoms with Crippen molar-refractivity contribution in [2.45, 2.75) is 71.3 Å². The van der Waals surface area contributed by atoms with E-state index in [1.807, 2.05) is 0 Å². The van der Waals surface area contributed by atoms with Gasteiger partial charge in [-0.15, -0.1) is 0 Å². The van der Waals surface area contributed by atoms with E-state index in [1.54, 1.807) is 0 Å². The smallest absolute Gasteiger partial charge is 0.0772 e. The highest BCUT2D eigenvalue weighted by Gasteiger charge is 2.36. The molecule has 0 aromatic heterocycles. The number of aliphatic hydroxyl groups is 1. The third-order valence-electron chi connectivity index (χ3n) is 3.95. The zero-order chi connectivity index (χ0) is 12.1. The van der Waals surface area contributed by atoms with Crippen molar-refractivity contribution >= 4 is 0 Å². The number of nitrogens with one attached hydrogen (secondary N) is 1. The summed E-state index contributed by atoms with van der Waals surface area (Å²) in [6, 6.07) is 0. The molecule has 0 atom stereocenters. The molecule has 96 valence electrons. The summed E-state index contributed by atoms with van der Waals surface area (Å²) in [5.74, 6) is 0. The molecule has 2 nitrogen and oxygen atoms in total. The van der Waals surface area contributed by atoms with Gasteiger partial charge in [0.15, 0.2) is 0 Å². The quantitative estimate of drug-likeness (QED) is 0.683. The normalized spacial score (nSPS) is 23.2. The molecule has 2 heteroatoms. The summed E-state index contributed by atoms with van der Waals surface area (Å²) < 4.78 is 0. The first-order valence-corrected chi connectivity index (χ1v) is 6.91. The van der Waals surface area contributed by atoms with E-state index in [0.717, 1.165) is 38.8 Å². The van der Waals surface area contributed by atoms with Crippen LogP contribution < -0.4 is 5.32 Å². The molecule has 1 fully saturated rings. The molecule has 1 aliphatic rings. The van der Waals surface area contributed by atoms with Crippen LogP contribution in [-0.2, 0) is 0 Å². The Morgan fingerprint density at radius 3 is 2.25 bits per heavy atom. The number of unbranched alkanes of at least 4 members (excludes halogenated alkanes) is 2. The zero-order valence-electron chi connectivity index (χ0n) is 11.3. The van der Waals surface area contributed by atoms with Crippen molar-refractivity contribution in [3.8, 4) is 0 Å². The van der Waals surface area contributed by atoms with E-state index in [-0.39, 0.29) is 0 Å². The fourth-order valence-electron chi connectivity index (χ4n) is 2.39. The lowest BCUT2D eigenvalue weighted by Crippen LogP contribution is -2.45. The molecule has 0 heterocycles. The molecule has 0 radical (unpaired) electrons. The molecular formula is C14H29NO. The van der Waals surface area contributed by atoms with Crippen molar-refractivity contribution in [1.29, 1.82) is 0 Å². The number of hydrogen-bond donors (Lipinski definition) is 2. The van der Waals surface area contributed by atoms with Crippen LogP contribution in [-0.4, -0.2) is 23.8 Å². The van der Waals surface area contributed by atoms with Crippen LogP contribution in [0.4, 0.5) is 0 Å². The van der Waals surface area contributed by atoms with Crippen LogP contribution in [0.3, 0.4) is 0 Å². The van der Waals surface area contributed by atoms with Gasteiger partial charge in [-0.2, -0.15) is 0 Å². The number of hydrogen-bond acceptors (Lipinski definition) is 2. The maximum Gasteiger partial charge on any atom is 0.0772 e. The molecule has 0 aromatic carbocycles. The Morgan fingerprint density at radius 2 is 1.69 bits per heavy atom. The van der Waals surface area contributed by atoms with Crippen molar-refractivity contribution in [3.63, 3.8) is 0 Å². The van der Waals surface area contributed by atoms with E-state index >= 15 is 0 Å². The van der Waals surface area contributed by atoms with Gasteiger partial charge in [-0.05, 0) is 44.1 Å². The van der Waals surface area contributed by atoms with Gasteiger partial charge < -0.3 is 10.4 Å². The third kappa shape index (κ3) is 4.84. The fourth-order valence-corrected chi connectivity index (χ4v) is 2.39. The minimum absolute atomic E-state index is 0.429. The van der Waals surface area contributed by atoms with Gasteiger partial charge in [0.1, 0.15) is 0 Å². The lowest BCUT2D eigenvalue weighted by Gasteiger charge is -2.40. The molecule has 1 aliphatic carbocycles. The predicted molar refractivity (Wildman–Crippen MR) is 69.6 cm³/mol. The molecule has 0 bridgehead atoms. The van der Waals surface area contributed by atoms with E-state index in [4.69, 9.17) is 0 Å². The third-order valence-corrected chi connectivity index (χ3v) is 3.95. The molecule has 0 amide bonds. The SMILES string of the molecule is CCCCCNCC1(O)CCC(C)(C)CC1. The lowest BCUT2D eigenvalue weighted by atomic mass is 9.71. The van der Waals surface area contributed by atoms with Gasteiger partial charge in [-0.3, -0.25) is 0 Å². The molecule has 0 aliphatic heterocycles. The van der Waals surface area contributed by atoms with Crippen molar-refractivity contribution < 1.29 is 5.11 Å². The first-order chi connectivity index (χ1) is 7.47. The van der Waals surface area contributed by atoms with E-state index < -0.39 is 5.60 Å². The number of rotatable bonds is 6. The largest absolute Gasteiger partial charge is 0.389 e. The summed E-state index contributed by atoms with van der Waals surface area (Å²) in [6.07, 6.45) is 8.01. The Labute approximate surface area is 101 Å². The van der Waals surface area contributed by atoms with Crippen molar-refractivity contribution in [1.82, 2.24) is 5.32 Å². The van der Waals surface area contributed by atoms with Gasteiger partial charge in [0, 0.05) is 6.54 Å². The molecule has 0 aromatic rings. The van der Waals surface area contributed by atoms with Gasteiger partial charge in [0.25, 0.3) is 0 Å². The molecule has 1 saturated carbocycles. The summed E-state index contributed by atoms with van der Waals surface area (Å²) in [7, 11) is 0. The van der Waals surface area contributed by atoms with Gasteiger partial charge in [-0.25, -0.2) is 0 Å². The first kappa shape index (κ1) is 14.0. The lowest BCUT2D eigenvalue weighted by molar-refractivity contribution is -0.0241. The van der Waals surface area contributed by atoms with Crippen LogP contribution in [0.5, 0.6) is 0 Å². The molecule has 16 heavy (non-hydrogen) atoms. The Hall–Kier alpha value is -0.0800. The molecule has 1 rings (SSSR count). The molecule has 2 N–H and O–H groups in total. The Balaban J connectivity index is 2.16. The second-order valence-corrected chi connectivity index (χ2v) is 6.27. The van der Waals surface area contributed by atoms with Gasteiger partial charge >= 0.3 is 0 Å². The second-order valence-electron chi connectivity index (χ2n) is 6.27. The average molecular weight is 227 g/mol. The van der Waals surface area contributed by atoms with Gasteiger partial charge in [0.05, 0.1) is 5.60 Å². The highest BCUT2D eigenvalue weighted by Crippen LogP contribution is 2.39. The fraction of sp³-hybridized carbons (Fsp3) is 1.00. The predicted octanol–water partition coefficient (Wildman–Crippen LogP) is 3.10. The van der Waals surface area contributed by atoms with Crippen LogP contribution in [0.15, 0.2) is 0 Å². The van der Waals surface area contributed by atoms with Gasteiger partial charge in [0.2, 0.25) is 0 Å². The summed E-state index contributed by atoms with van der Waals surface area (Å²) in [5, 5.41) is 13.8. The zero-order valence-corrected chi connectivity index (χ0v) is 11.3. The molecule has 0 unspecified atom stereocenters. The van der Waals surface area contributed by atoms with Crippen LogP contribution >= 0.6 is 0 Å². The second kappa shape index (κ2) is 6.02. The molecule has 0 spiro atoms. The minimum atomic E-state index is -0.429. The topological polar surface area (TPSA) is 32.3 Å². The standard InChI is InChI=1S/C14H29NO/c1-4-5-6-11-15-12-14(16)9-7-13(2,3)8-10-14/h15-16H,4-12H2,1-3H3. The minimum Gasteiger partial charge on any atom is -0.389 e. The molecule has 0 saturated heterocycles. The maximum absolute atomic E-state index is 10.4. The Kier molecular flexibility index (Phi) is 5.26.